The highest BCUT2D eigenvalue weighted by molar-refractivity contribution is 8.04. The van der Waals surface area contributed by atoms with Crippen molar-refractivity contribution in [2.24, 2.45) is 5.92 Å². The van der Waals surface area contributed by atoms with Crippen molar-refractivity contribution in [2.75, 3.05) is 4.72 Å². The predicted octanol–water partition coefficient (Wildman–Crippen LogP) is 4.86. The number of hydrogen-bond acceptors (Lipinski definition) is 3. The third-order valence-corrected chi connectivity index (χ3v) is 3.87. The van der Waals surface area contributed by atoms with Crippen LogP contribution in [-0.2, 0) is 0 Å². The Morgan fingerprint density at radius 3 is 2.55 bits per heavy atom. The molecular formula is C14H10F5NOS. The number of hydrogen-bond donors (Lipinski definition) is 1. The molecule has 22 heavy (non-hydrogen) atoms. The second kappa shape index (κ2) is 6.51. The standard InChI is InChI=1S/C14H10F5NOS/c15-11-5-6-12(13(16)10(11)7-21)20-22-9-3-1-8(2-4-9)14(17,18)19/h1,3-8,20H,2H2. The van der Waals surface area contributed by atoms with Gasteiger partial charge in [0.25, 0.3) is 0 Å². The quantitative estimate of drug-likeness (QED) is 0.484. The van der Waals surface area contributed by atoms with Gasteiger partial charge >= 0.3 is 6.18 Å². The third-order valence-electron chi connectivity index (χ3n) is 3.01. The zero-order valence-electron chi connectivity index (χ0n) is 11.0. The molecule has 1 aromatic rings. The SMILES string of the molecule is O=Cc1c(F)ccc(NSC2=CCC(C(F)(F)F)C=C2)c1F. The van der Waals surface area contributed by atoms with Crippen LogP contribution in [0.3, 0.4) is 0 Å². The lowest BCUT2D eigenvalue weighted by Gasteiger charge is -2.19. The highest BCUT2D eigenvalue weighted by Gasteiger charge is 2.37. The number of rotatable bonds is 4. The average Bonchev–Trinajstić information content (AvgIpc) is 2.46. The van der Waals surface area contributed by atoms with Gasteiger partial charge in [-0.25, -0.2) is 8.78 Å². The molecule has 0 spiro atoms. The smallest absolute Gasteiger partial charge is 0.323 e. The molecule has 1 aliphatic carbocycles. The van der Waals surface area contributed by atoms with Gasteiger partial charge in [0.15, 0.2) is 12.1 Å². The number of aldehydes is 1. The summed E-state index contributed by atoms with van der Waals surface area (Å²) < 4.78 is 66.9. The van der Waals surface area contributed by atoms with Gasteiger partial charge in [-0.15, -0.1) is 0 Å². The van der Waals surface area contributed by atoms with E-state index in [2.05, 4.69) is 4.72 Å². The zero-order chi connectivity index (χ0) is 16.3. The first kappa shape index (κ1) is 16.5. The van der Waals surface area contributed by atoms with Crippen LogP contribution in [0.2, 0.25) is 0 Å². The van der Waals surface area contributed by atoms with Gasteiger partial charge < -0.3 is 4.72 Å². The molecule has 1 atom stereocenters. The summed E-state index contributed by atoms with van der Waals surface area (Å²) >= 11 is 0.881. The summed E-state index contributed by atoms with van der Waals surface area (Å²) in [6, 6.07) is 2.04. The number of carbonyl (C=O) groups is 1. The lowest BCUT2D eigenvalue weighted by molar-refractivity contribution is -0.160. The summed E-state index contributed by atoms with van der Waals surface area (Å²) in [6.07, 6.45) is -0.747. The first-order valence-electron chi connectivity index (χ1n) is 6.14. The topological polar surface area (TPSA) is 29.1 Å². The summed E-state index contributed by atoms with van der Waals surface area (Å²) in [6.45, 7) is 0. The molecule has 0 saturated carbocycles. The Balaban J connectivity index is 2.02. The summed E-state index contributed by atoms with van der Waals surface area (Å²) in [7, 11) is 0. The van der Waals surface area contributed by atoms with Gasteiger partial charge in [-0.3, -0.25) is 4.79 Å². The van der Waals surface area contributed by atoms with Crippen molar-refractivity contribution in [3.05, 3.63) is 52.5 Å². The Hall–Kier alpha value is -1.83. The molecule has 0 heterocycles. The van der Waals surface area contributed by atoms with Gasteiger partial charge in [0.2, 0.25) is 0 Å². The number of benzene rings is 1. The van der Waals surface area contributed by atoms with Gasteiger partial charge in [-0.05, 0) is 30.5 Å². The van der Waals surface area contributed by atoms with Crippen molar-refractivity contribution >= 4 is 23.9 Å². The summed E-state index contributed by atoms with van der Waals surface area (Å²) in [5, 5.41) is 0. The van der Waals surface area contributed by atoms with E-state index in [1.54, 1.807) is 0 Å². The highest BCUT2D eigenvalue weighted by Crippen LogP contribution is 2.35. The van der Waals surface area contributed by atoms with Gasteiger partial charge in [0.05, 0.1) is 17.2 Å². The lowest BCUT2D eigenvalue weighted by atomic mass is 10.0. The number of anilines is 1. The fraction of sp³-hybridized carbons (Fsp3) is 0.214. The van der Waals surface area contributed by atoms with Gasteiger partial charge in [-0.1, -0.05) is 18.2 Å². The van der Waals surface area contributed by atoms with Crippen LogP contribution >= 0.6 is 11.9 Å². The Morgan fingerprint density at radius 1 is 1.27 bits per heavy atom. The monoisotopic (exact) mass is 335 g/mol. The number of carbonyl (C=O) groups excluding carboxylic acids is 1. The second-order valence-corrected chi connectivity index (χ2v) is 5.37. The van der Waals surface area contributed by atoms with Crippen LogP contribution in [0.4, 0.5) is 27.6 Å². The van der Waals surface area contributed by atoms with Crippen LogP contribution in [0.25, 0.3) is 0 Å². The van der Waals surface area contributed by atoms with E-state index in [4.69, 9.17) is 0 Å². The normalized spacial score (nSPS) is 18.0. The molecule has 0 radical (unpaired) electrons. The Labute approximate surface area is 127 Å². The van der Waals surface area contributed by atoms with Crippen molar-refractivity contribution in [2.45, 2.75) is 12.6 Å². The Bertz CT molecular complexity index is 639. The maximum Gasteiger partial charge on any atom is 0.395 e. The van der Waals surface area contributed by atoms with E-state index >= 15 is 0 Å². The Morgan fingerprint density at radius 2 is 2.00 bits per heavy atom. The van der Waals surface area contributed by atoms with E-state index in [1.165, 1.54) is 12.2 Å². The molecule has 1 aliphatic rings. The molecule has 2 nitrogen and oxygen atoms in total. The molecular weight excluding hydrogens is 325 g/mol. The molecule has 0 aromatic heterocycles. The number of allylic oxidation sites excluding steroid dienone is 3. The second-order valence-electron chi connectivity index (χ2n) is 4.49. The maximum absolute atomic E-state index is 13.8. The minimum atomic E-state index is -4.29. The fourth-order valence-corrected chi connectivity index (χ4v) is 2.50. The van der Waals surface area contributed by atoms with E-state index in [1.807, 2.05) is 0 Å². The van der Waals surface area contributed by atoms with Gasteiger partial charge in [0, 0.05) is 4.91 Å². The molecule has 1 unspecified atom stereocenters. The van der Waals surface area contributed by atoms with Crippen LogP contribution in [0.1, 0.15) is 16.8 Å². The molecule has 118 valence electrons. The molecule has 1 N–H and O–H groups in total. The highest BCUT2D eigenvalue weighted by atomic mass is 32.2. The number of alkyl halides is 3. The van der Waals surface area contributed by atoms with E-state index < -0.39 is 29.3 Å². The third kappa shape index (κ3) is 3.68. The van der Waals surface area contributed by atoms with E-state index in [0.717, 1.165) is 30.2 Å². The van der Waals surface area contributed by atoms with Crippen molar-refractivity contribution < 1.29 is 26.7 Å². The largest absolute Gasteiger partial charge is 0.395 e. The molecule has 0 saturated heterocycles. The van der Waals surface area contributed by atoms with Crippen LogP contribution in [-0.4, -0.2) is 12.5 Å². The van der Waals surface area contributed by atoms with Crippen molar-refractivity contribution in [1.29, 1.82) is 0 Å². The number of nitrogens with one attached hydrogen (secondary N) is 1. The zero-order valence-corrected chi connectivity index (χ0v) is 11.8. The molecule has 0 fully saturated rings. The van der Waals surface area contributed by atoms with E-state index in [9.17, 15) is 26.7 Å². The molecule has 8 heteroatoms. The van der Waals surface area contributed by atoms with Crippen LogP contribution < -0.4 is 4.72 Å². The average molecular weight is 335 g/mol. The first-order chi connectivity index (χ1) is 10.3. The lowest BCUT2D eigenvalue weighted by Crippen LogP contribution is -2.21. The van der Waals surface area contributed by atoms with Crippen LogP contribution in [0, 0.1) is 17.6 Å². The molecule has 0 amide bonds. The van der Waals surface area contributed by atoms with Crippen LogP contribution in [0.5, 0.6) is 0 Å². The number of halogens is 5. The Kier molecular flexibility index (Phi) is 4.90. The van der Waals surface area contributed by atoms with Crippen molar-refractivity contribution in [3.8, 4) is 0 Å². The summed E-state index contributed by atoms with van der Waals surface area (Å²) in [5.74, 6) is -3.55. The summed E-state index contributed by atoms with van der Waals surface area (Å²) in [5.41, 5.74) is -0.823. The minimum absolute atomic E-state index is 0.0637. The summed E-state index contributed by atoms with van der Waals surface area (Å²) in [4.78, 5) is 11.1. The fourth-order valence-electron chi connectivity index (χ4n) is 1.79. The van der Waals surface area contributed by atoms with E-state index in [-0.39, 0.29) is 18.4 Å². The van der Waals surface area contributed by atoms with Crippen molar-refractivity contribution in [1.82, 2.24) is 0 Å². The molecule has 1 aromatic carbocycles. The predicted molar refractivity (Wildman–Crippen MR) is 74.3 cm³/mol. The van der Waals surface area contributed by atoms with Gasteiger partial charge in [0.1, 0.15) is 5.82 Å². The van der Waals surface area contributed by atoms with Crippen molar-refractivity contribution in [3.63, 3.8) is 0 Å². The molecule has 0 bridgehead atoms. The molecule has 0 aliphatic heterocycles. The minimum Gasteiger partial charge on any atom is -0.323 e. The first-order valence-corrected chi connectivity index (χ1v) is 6.95. The maximum atomic E-state index is 13.8. The van der Waals surface area contributed by atoms with Gasteiger partial charge in [-0.2, -0.15) is 13.2 Å². The van der Waals surface area contributed by atoms with E-state index in [0.29, 0.717) is 4.91 Å². The van der Waals surface area contributed by atoms with Crippen LogP contribution in [0.15, 0.2) is 35.3 Å². The molecule has 2 rings (SSSR count).